The molecule has 0 aromatic carbocycles. The van der Waals surface area contributed by atoms with Gasteiger partial charge >= 0.3 is 5.97 Å². The highest BCUT2D eigenvalue weighted by Crippen LogP contribution is 2.10. The molecule has 7 heteroatoms. The summed E-state index contributed by atoms with van der Waals surface area (Å²) >= 11 is 0. The maximum absolute atomic E-state index is 11.7. The molecule has 112 valence electrons. The maximum Gasteiger partial charge on any atom is 0.307 e. The van der Waals surface area contributed by atoms with Crippen LogP contribution in [0.5, 0.6) is 0 Å². The van der Waals surface area contributed by atoms with E-state index in [2.05, 4.69) is 20.2 Å². The third-order valence-electron chi connectivity index (χ3n) is 2.67. The number of esters is 1. The van der Waals surface area contributed by atoms with Crippen molar-refractivity contribution < 1.29 is 18.8 Å². The Hall–Kier alpha value is -1.92. The molecule has 1 unspecified atom stereocenters. The van der Waals surface area contributed by atoms with Crippen LogP contribution in [0.15, 0.2) is 4.52 Å². The number of hydrogen-bond donors (Lipinski definition) is 1. The zero-order valence-electron chi connectivity index (χ0n) is 12.3. The van der Waals surface area contributed by atoms with Crippen LogP contribution >= 0.6 is 0 Å². The van der Waals surface area contributed by atoms with Crippen LogP contribution in [0.3, 0.4) is 0 Å². The van der Waals surface area contributed by atoms with E-state index in [9.17, 15) is 9.59 Å². The van der Waals surface area contributed by atoms with Crippen molar-refractivity contribution in [2.75, 3.05) is 7.11 Å². The molecule has 0 spiro atoms. The predicted molar refractivity (Wildman–Crippen MR) is 70.9 cm³/mol. The van der Waals surface area contributed by atoms with E-state index in [4.69, 9.17) is 4.52 Å². The molecular formula is C13H21N3O4. The third kappa shape index (κ3) is 5.38. The fraction of sp³-hybridized carbons (Fsp3) is 0.692. The number of amides is 1. The Morgan fingerprint density at radius 1 is 1.35 bits per heavy atom. The minimum absolute atomic E-state index is 0.153. The molecule has 0 saturated carbocycles. The quantitative estimate of drug-likeness (QED) is 0.755. The lowest BCUT2D eigenvalue weighted by Gasteiger charge is -2.11. The van der Waals surface area contributed by atoms with Gasteiger partial charge in [0, 0.05) is 24.8 Å². The van der Waals surface area contributed by atoms with E-state index < -0.39 is 0 Å². The highest BCUT2D eigenvalue weighted by molar-refractivity contribution is 5.77. The summed E-state index contributed by atoms with van der Waals surface area (Å²) < 4.78 is 9.58. The van der Waals surface area contributed by atoms with Crippen molar-refractivity contribution >= 4 is 11.9 Å². The number of nitrogens with one attached hydrogen (secondary N) is 1. The lowest BCUT2D eigenvalue weighted by molar-refractivity contribution is -0.141. The van der Waals surface area contributed by atoms with Crippen LogP contribution in [0.25, 0.3) is 0 Å². The molecule has 0 fully saturated rings. The molecule has 7 nitrogen and oxygen atoms in total. The first-order valence-electron chi connectivity index (χ1n) is 6.61. The van der Waals surface area contributed by atoms with E-state index in [1.165, 1.54) is 7.11 Å². The van der Waals surface area contributed by atoms with Gasteiger partial charge in [-0.2, -0.15) is 4.98 Å². The summed E-state index contributed by atoms with van der Waals surface area (Å²) in [5.74, 6) is 0.771. The Kier molecular flexibility index (Phi) is 6.14. The predicted octanol–water partition coefficient (Wildman–Crippen LogP) is 1.19. The van der Waals surface area contributed by atoms with Crippen molar-refractivity contribution in [2.24, 2.45) is 0 Å². The van der Waals surface area contributed by atoms with Crippen LogP contribution in [-0.2, 0) is 20.7 Å². The Bertz CT molecular complexity index is 456. The molecule has 1 atom stereocenters. The van der Waals surface area contributed by atoms with Gasteiger partial charge in [0.05, 0.1) is 13.5 Å². The molecule has 1 aromatic heterocycles. The minimum Gasteiger partial charge on any atom is -0.469 e. The van der Waals surface area contributed by atoms with E-state index in [0.29, 0.717) is 18.1 Å². The first kappa shape index (κ1) is 16.1. The standard InChI is InChI=1S/C13H21N3O4/c1-8(2)13-15-11(20-16-13)6-5-10(17)14-9(3)7-12(18)19-4/h8-9H,5-7H2,1-4H3,(H,14,17). The summed E-state index contributed by atoms with van der Waals surface area (Å²) in [6.07, 6.45) is 0.780. The molecule has 1 amide bonds. The van der Waals surface area contributed by atoms with Crippen molar-refractivity contribution in [3.8, 4) is 0 Å². The Labute approximate surface area is 118 Å². The molecule has 0 radical (unpaired) electrons. The first-order chi connectivity index (χ1) is 9.42. The average molecular weight is 283 g/mol. The van der Waals surface area contributed by atoms with E-state index in [-0.39, 0.29) is 36.7 Å². The maximum atomic E-state index is 11.7. The number of methoxy groups -OCH3 is 1. The van der Waals surface area contributed by atoms with Gasteiger partial charge in [0.15, 0.2) is 5.82 Å². The third-order valence-corrected chi connectivity index (χ3v) is 2.67. The number of carbonyl (C=O) groups is 2. The van der Waals surface area contributed by atoms with Gasteiger partial charge in [-0.3, -0.25) is 9.59 Å². The van der Waals surface area contributed by atoms with Gasteiger partial charge < -0.3 is 14.6 Å². The molecule has 1 rings (SSSR count). The normalized spacial score (nSPS) is 12.2. The van der Waals surface area contributed by atoms with Crippen LogP contribution in [0.2, 0.25) is 0 Å². The van der Waals surface area contributed by atoms with Crippen molar-refractivity contribution in [3.63, 3.8) is 0 Å². The molecule has 1 N–H and O–H groups in total. The molecule has 0 aliphatic carbocycles. The van der Waals surface area contributed by atoms with Crippen molar-refractivity contribution in [1.29, 1.82) is 0 Å². The fourth-order valence-corrected chi connectivity index (χ4v) is 1.56. The van der Waals surface area contributed by atoms with Gasteiger partial charge in [0.2, 0.25) is 11.8 Å². The lowest BCUT2D eigenvalue weighted by atomic mass is 10.2. The Morgan fingerprint density at radius 3 is 2.60 bits per heavy atom. The van der Waals surface area contributed by atoms with Gasteiger partial charge in [-0.25, -0.2) is 0 Å². The molecular weight excluding hydrogens is 262 g/mol. The average Bonchev–Trinajstić information content (AvgIpc) is 2.85. The molecule has 20 heavy (non-hydrogen) atoms. The van der Waals surface area contributed by atoms with Gasteiger partial charge in [-0.05, 0) is 6.92 Å². The molecule has 0 aliphatic heterocycles. The summed E-state index contributed by atoms with van der Waals surface area (Å²) in [4.78, 5) is 26.9. The van der Waals surface area contributed by atoms with Crippen LogP contribution in [0.1, 0.15) is 51.2 Å². The summed E-state index contributed by atoms with van der Waals surface area (Å²) in [7, 11) is 1.32. The largest absolute Gasteiger partial charge is 0.469 e. The zero-order chi connectivity index (χ0) is 15.1. The summed E-state index contributed by atoms with van der Waals surface area (Å²) in [5.41, 5.74) is 0. The number of aromatic nitrogens is 2. The topological polar surface area (TPSA) is 94.3 Å². The van der Waals surface area contributed by atoms with Gasteiger partial charge in [0.1, 0.15) is 0 Å². The number of rotatable bonds is 7. The second-order valence-corrected chi connectivity index (χ2v) is 4.95. The molecule has 1 aromatic rings. The molecule has 0 saturated heterocycles. The van der Waals surface area contributed by atoms with Crippen LogP contribution in [0, 0.1) is 0 Å². The van der Waals surface area contributed by atoms with Gasteiger partial charge in [-0.1, -0.05) is 19.0 Å². The minimum atomic E-state index is -0.351. The fourth-order valence-electron chi connectivity index (χ4n) is 1.56. The number of ether oxygens (including phenoxy) is 1. The highest BCUT2D eigenvalue weighted by Gasteiger charge is 2.14. The Balaban J connectivity index is 2.33. The molecule has 0 aliphatic rings. The number of hydrogen-bond acceptors (Lipinski definition) is 6. The first-order valence-corrected chi connectivity index (χ1v) is 6.61. The summed E-state index contributed by atoms with van der Waals surface area (Å²) in [6.45, 7) is 5.68. The second-order valence-electron chi connectivity index (χ2n) is 4.95. The lowest BCUT2D eigenvalue weighted by Crippen LogP contribution is -2.34. The van der Waals surface area contributed by atoms with Crippen LogP contribution in [-0.4, -0.2) is 35.2 Å². The number of carbonyl (C=O) groups excluding carboxylic acids is 2. The number of nitrogens with zero attached hydrogens (tertiary/aromatic N) is 2. The molecule has 0 bridgehead atoms. The monoisotopic (exact) mass is 283 g/mol. The van der Waals surface area contributed by atoms with Gasteiger partial charge in [0.25, 0.3) is 0 Å². The van der Waals surface area contributed by atoms with Crippen molar-refractivity contribution in [2.45, 2.75) is 52.0 Å². The van der Waals surface area contributed by atoms with Crippen molar-refractivity contribution in [3.05, 3.63) is 11.7 Å². The van der Waals surface area contributed by atoms with E-state index >= 15 is 0 Å². The zero-order valence-corrected chi connectivity index (χ0v) is 12.3. The second kappa shape index (κ2) is 7.62. The summed E-state index contributed by atoms with van der Waals surface area (Å²) in [5, 5.41) is 6.54. The summed E-state index contributed by atoms with van der Waals surface area (Å²) in [6, 6.07) is -0.260. The smallest absolute Gasteiger partial charge is 0.307 e. The van der Waals surface area contributed by atoms with E-state index in [0.717, 1.165) is 0 Å². The van der Waals surface area contributed by atoms with Crippen LogP contribution < -0.4 is 5.32 Å². The SMILES string of the molecule is COC(=O)CC(C)NC(=O)CCc1nc(C(C)C)no1. The van der Waals surface area contributed by atoms with E-state index in [1.54, 1.807) is 6.92 Å². The highest BCUT2D eigenvalue weighted by atomic mass is 16.5. The van der Waals surface area contributed by atoms with Gasteiger partial charge in [-0.15, -0.1) is 0 Å². The molecule has 1 heterocycles. The van der Waals surface area contributed by atoms with E-state index in [1.807, 2.05) is 13.8 Å². The van der Waals surface area contributed by atoms with Crippen molar-refractivity contribution in [1.82, 2.24) is 15.5 Å². The number of aryl methyl sites for hydroxylation is 1. The van der Waals surface area contributed by atoms with Crippen LogP contribution in [0.4, 0.5) is 0 Å². The Morgan fingerprint density at radius 2 is 2.05 bits per heavy atom.